The van der Waals surface area contributed by atoms with E-state index >= 15 is 0 Å². The number of hydrogen-bond acceptors (Lipinski definition) is 5. The summed E-state index contributed by atoms with van der Waals surface area (Å²) >= 11 is 3.35. The maximum absolute atomic E-state index is 12.4. The van der Waals surface area contributed by atoms with Crippen molar-refractivity contribution in [2.45, 2.75) is 13.5 Å². The molecule has 1 N–H and O–H groups in total. The first-order valence-corrected chi connectivity index (χ1v) is 10.3. The van der Waals surface area contributed by atoms with Crippen molar-refractivity contribution >= 4 is 28.1 Å². The zero-order chi connectivity index (χ0) is 22.2. The summed E-state index contributed by atoms with van der Waals surface area (Å²) in [5, 5.41) is 4.04. The molecule has 0 aliphatic heterocycles. The van der Waals surface area contributed by atoms with Gasteiger partial charge >= 0.3 is 0 Å². The van der Waals surface area contributed by atoms with E-state index in [-0.39, 0.29) is 5.91 Å². The Morgan fingerprint density at radius 2 is 1.68 bits per heavy atom. The second kappa shape index (κ2) is 10.6. The predicted octanol–water partition coefficient (Wildman–Crippen LogP) is 5.12. The van der Waals surface area contributed by atoms with Crippen molar-refractivity contribution in [2.24, 2.45) is 5.10 Å². The van der Waals surface area contributed by atoms with Gasteiger partial charge in [-0.2, -0.15) is 5.10 Å². The molecule has 0 fully saturated rings. The molecule has 6 nitrogen and oxygen atoms in total. The summed E-state index contributed by atoms with van der Waals surface area (Å²) in [7, 11) is 3.09. The van der Waals surface area contributed by atoms with E-state index in [1.54, 1.807) is 31.4 Å². The van der Waals surface area contributed by atoms with Crippen molar-refractivity contribution in [3.63, 3.8) is 0 Å². The van der Waals surface area contributed by atoms with E-state index in [1.165, 1.54) is 18.9 Å². The van der Waals surface area contributed by atoms with E-state index < -0.39 is 0 Å². The Morgan fingerprint density at radius 3 is 2.39 bits per heavy atom. The number of nitrogens with one attached hydrogen (secondary N) is 1. The van der Waals surface area contributed by atoms with Gasteiger partial charge in [-0.1, -0.05) is 45.8 Å². The normalized spacial score (nSPS) is 10.7. The van der Waals surface area contributed by atoms with E-state index in [9.17, 15) is 4.79 Å². The topological polar surface area (TPSA) is 69.2 Å². The van der Waals surface area contributed by atoms with Crippen molar-refractivity contribution in [2.75, 3.05) is 14.2 Å². The second-order valence-corrected chi connectivity index (χ2v) is 7.64. The van der Waals surface area contributed by atoms with Crippen molar-refractivity contribution in [3.05, 3.63) is 87.4 Å². The third-order valence-corrected chi connectivity index (χ3v) is 4.98. The zero-order valence-corrected chi connectivity index (χ0v) is 19.1. The number of halogens is 1. The van der Waals surface area contributed by atoms with Gasteiger partial charge in [0.05, 0.1) is 26.0 Å². The number of nitrogens with zero attached hydrogens (tertiary/aromatic N) is 1. The van der Waals surface area contributed by atoms with E-state index in [0.717, 1.165) is 15.6 Å². The average molecular weight is 483 g/mol. The van der Waals surface area contributed by atoms with E-state index in [2.05, 4.69) is 26.5 Å². The number of amides is 1. The molecular weight excluding hydrogens is 460 g/mol. The monoisotopic (exact) mass is 482 g/mol. The Balaban J connectivity index is 1.65. The van der Waals surface area contributed by atoms with Gasteiger partial charge < -0.3 is 14.2 Å². The van der Waals surface area contributed by atoms with Crippen LogP contribution in [0.15, 0.2) is 70.2 Å². The van der Waals surface area contributed by atoms with Crippen LogP contribution in [0.25, 0.3) is 0 Å². The quantitative estimate of drug-likeness (QED) is 0.357. The molecule has 1 amide bonds. The number of ether oxygens (including phenoxy) is 3. The van der Waals surface area contributed by atoms with Crippen LogP contribution in [0.1, 0.15) is 27.0 Å². The van der Waals surface area contributed by atoms with Crippen molar-refractivity contribution < 1.29 is 19.0 Å². The largest absolute Gasteiger partial charge is 0.496 e. The fraction of sp³-hybridized carbons (Fsp3) is 0.167. The minimum atomic E-state index is -0.376. The highest BCUT2D eigenvalue weighted by Gasteiger charge is 2.12. The molecular formula is C24H23BrN2O4. The number of hydrazone groups is 1. The first-order chi connectivity index (χ1) is 15.0. The second-order valence-electron chi connectivity index (χ2n) is 6.73. The first kappa shape index (κ1) is 22.4. The highest BCUT2D eigenvalue weighted by atomic mass is 79.9. The summed E-state index contributed by atoms with van der Waals surface area (Å²) in [6, 6.07) is 18.8. The molecule has 0 saturated carbocycles. The van der Waals surface area contributed by atoms with E-state index in [1.807, 2.05) is 43.3 Å². The molecule has 0 spiro atoms. The number of aryl methyl sites for hydroxylation is 1. The summed E-state index contributed by atoms with van der Waals surface area (Å²) in [6.07, 6.45) is 1.54. The van der Waals surface area contributed by atoms with Crippen LogP contribution in [0.3, 0.4) is 0 Å². The molecule has 0 aromatic heterocycles. The summed E-state index contributed by atoms with van der Waals surface area (Å²) in [6.45, 7) is 2.49. The van der Waals surface area contributed by atoms with Crippen LogP contribution in [-0.4, -0.2) is 26.3 Å². The molecule has 0 aliphatic rings. The summed E-state index contributed by atoms with van der Waals surface area (Å²) in [5.74, 6) is 1.30. The van der Waals surface area contributed by atoms with Gasteiger partial charge in [-0.25, -0.2) is 5.43 Å². The van der Waals surface area contributed by atoms with Crippen LogP contribution in [0, 0.1) is 6.92 Å². The van der Waals surface area contributed by atoms with Crippen LogP contribution >= 0.6 is 15.9 Å². The minimum Gasteiger partial charge on any atom is -0.496 e. The van der Waals surface area contributed by atoms with Crippen LogP contribution < -0.4 is 19.6 Å². The molecule has 0 bridgehead atoms. The number of methoxy groups -OCH3 is 2. The molecule has 0 saturated heterocycles. The summed E-state index contributed by atoms with van der Waals surface area (Å²) in [5.41, 5.74) is 5.92. The Morgan fingerprint density at radius 1 is 0.968 bits per heavy atom. The van der Waals surface area contributed by atoms with Gasteiger partial charge in [-0.15, -0.1) is 0 Å². The molecule has 7 heteroatoms. The fourth-order valence-corrected chi connectivity index (χ4v) is 3.17. The highest BCUT2D eigenvalue weighted by molar-refractivity contribution is 9.10. The molecule has 0 aliphatic carbocycles. The van der Waals surface area contributed by atoms with Crippen LogP contribution in [0.5, 0.6) is 17.2 Å². The lowest BCUT2D eigenvalue weighted by molar-refractivity contribution is 0.0952. The summed E-state index contributed by atoms with van der Waals surface area (Å²) in [4.78, 5) is 12.4. The Labute approximate surface area is 190 Å². The van der Waals surface area contributed by atoms with Crippen LogP contribution in [-0.2, 0) is 6.61 Å². The van der Waals surface area contributed by atoms with Gasteiger partial charge in [0.25, 0.3) is 5.91 Å². The van der Waals surface area contributed by atoms with Gasteiger partial charge in [-0.05, 0) is 54.4 Å². The first-order valence-electron chi connectivity index (χ1n) is 9.53. The van der Waals surface area contributed by atoms with E-state index in [0.29, 0.717) is 29.4 Å². The van der Waals surface area contributed by atoms with Gasteiger partial charge in [0.15, 0.2) is 11.5 Å². The molecule has 0 unspecified atom stereocenters. The number of carbonyl (C=O) groups is 1. The molecule has 160 valence electrons. The molecule has 3 rings (SSSR count). The SMILES string of the molecule is COc1cc(/C=N\NC(=O)c2cc(Br)ccc2OC)ccc1OCc1ccc(C)cc1. The van der Waals surface area contributed by atoms with Crippen LogP contribution in [0.4, 0.5) is 0 Å². The van der Waals surface area contributed by atoms with Gasteiger partial charge in [-0.3, -0.25) is 4.79 Å². The third kappa shape index (κ3) is 6.08. The lowest BCUT2D eigenvalue weighted by Crippen LogP contribution is -2.18. The molecule has 31 heavy (non-hydrogen) atoms. The molecule has 3 aromatic rings. The third-order valence-electron chi connectivity index (χ3n) is 4.49. The van der Waals surface area contributed by atoms with Crippen LogP contribution in [0.2, 0.25) is 0 Å². The maximum Gasteiger partial charge on any atom is 0.275 e. The Hall–Kier alpha value is -3.32. The molecule has 0 atom stereocenters. The molecule has 0 heterocycles. The van der Waals surface area contributed by atoms with Gasteiger partial charge in [0, 0.05) is 4.47 Å². The standard InChI is InChI=1S/C24H23BrN2O4/c1-16-4-6-17(7-5-16)15-31-22-10-8-18(12-23(22)30-3)14-26-27-24(28)20-13-19(25)9-11-21(20)29-2/h4-14H,15H2,1-3H3,(H,27,28)/b26-14-. The van der Waals surface area contributed by atoms with Gasteiger partial charge in [0.2, 0.25) is 0 Å². The number of carbonyl (C=O) groups excluding carboxylic acids is 1. The van der Waals surface area contributed by atoms with E-state index in [4.69, 9.17) is 14.2 Å². The lowest BCUT2D eigenvalue weighted by Gasteiger charge is -2.11. The van der Waals surface area contributed by atoms with Gasteiger partial charge in [0.1, 0.15) is 12.4 Å². The maximum atomic E-state index is 12.4. The van der Waals surface area contributed by atoms with Crippen molar-refractivity contribution in [1.29, 1.82) is 0 Å². The Kier molecular flexibility index (Phi) is 7.67. The lowest BCUT2D eigenvalue weighted by atomic mass is 10.2. The highest BCUT2D eigenvalue weighted by Crippen LogP contribution is 2.28. The number of hydrogen-bond donors (Lipinski definition) is 1. The predicted molar refractivity (Wildman–Crippen MR) is 124 cm³/mol. The smallest absolute Gasteiger partial charge is 0.275 e. The van der Waals surface area contributed by atoms with Crippen molar-refractivity contribution in [3.8, 4) is 17.2 Å². The fourth-order valence-electron chi connectivity index (χ4n) is 2.81. The average Bonchev–Trinajstić information content (AvgIpc) is 2.79. The molecule has 0 radical (unpaired) electrons. The number of benzene rings is 3. The zero-order valence-electron chi connectivity index (χ0n) is 17.5. The number of rotatable bonds is 8. The minimum absolute atomic E-state index is 0.376. The van der Waals surface area contributed by atoms with Crippen molar-refractivity contribution in [1.82, 2.24) is 5.43 Å². The Bertz CT molecular complexity index is 1080. The summed E-state index contributed by atoms with van der Waals surface area (Å²) < 4.78 is 17.3. The molecule has 3 aromatic carbocycles.